The molecule has 116 valence electrons. The number of amides is 1. The summed E-state index contributed by atoms with van der Waals surface area (Å²) >= 11 is 1.95. The van der Waals surface area contributed by atoms with E-state index in [1.165, 1.54) is 5.56 Å². The molecule has 1 fully saturated rings. The van der Waals surface area contributed by atoms with Gasteiger partial charge < -0.3 is 4.90 Å². The van der Waals surface area contributed by atoms with Crippen molar-refractivity contribution >= 4 is 17.7 Å². The monoisotopic (exact) mass is 306 g/mol. The fourth-order valence-corrected chi connectivity index (χ4v) is 3.48. The lowest BCUT2D eigenvalue weighted by atomic mass is 10.1. The van der Waals surface area contributed by atoms with Crippen molar-refractivity contribution in [3.05, 3.63) is 35.9 Å². The second-order valence-electron chi connectivity index (χ2n) is 5.58. The minimum absolute atomic E-state index is 0.00788. The number of nitrogens with one attached hydrogen (secondary N) is 1. The van der Waals surface area contributed by atoms with E-state index in [4.69, 9.17) is 0 Å². The van der Waals surface area contributed by atoms with Gasteiger partial charge in [-0.25, -0.2) is 0 Å². The average molecular weight is 306 g/mol. The number of benzene rings is 1. The predicted molar refractivity (Wildman–Crippen MR) is 90.5 cm³/mol. The minimum Gasteiger partial charge on any atom is -0.326 e. The molecule has 2 rings (SSSR count). The molecule has 0 aliphatic carbocycles. The highest BCUT2D eigenvalue weighted by Gasteiger charge is 2.33. The molecule has 1 aromatic carbocycles. The van der Waals surface area contributed by atoms with Crippen molar-refractivity contribution in [2.75, 3.05) is 18.2 Å². The largest absolute Gasteiger partial charge is 0.326 e. The van der Waals surface area contributed by atoms with Gasteiger partial charge in [0.05, 0.1) is 12.7 Å². The van der Waals surface area contributed by atoms with Gasteiger partial charge in [0.25, 0.3) is 0 Å². The first-order valence-corrected chi connectivity index (χ1v) is 9.03. The van der Waals surface area contributed by atoms with Crippen LogP contribution in [0.3, 0.4) is 0 Å². The lowest BCUT2D eigenvalue weighted by molar-refractivity contribution is -0.130. The van der Waals surface area contributed by atoms with Crippen molar-refractivity contribution in [2.24, 2.45) is 0 Å². The standard InChI is InChI=1S/C17H26N2OS/c1-3-21-12-11-14(2)19-13-18-16(17(19)20)10-9-15-7-5-4-6-8-15/h4-8,14,16,18H,3,9-13H2,1-2H3. The van der Waals surface area contributed by atoms with Gasteiger partial charge in [0.2, 0.25) is 5.91 Å². The van der Waals surface area contributed by atoms with E-state index in [0.717, 1.165) is 30.8 Å². The summed E-state index contributed by atoms with van der Waals surface area (Å²) in [5, 5.41) is 3.37. The number of carbonyl (C=O) groups is 1. The molecule has 0 radical (unpaired) electrons. The predicted octanol–water partition coefficient (Wildman–Crippen LogP) is 2.91. The summed E-state index contributed by atoms with van der Waals surface area (Å²) in [5.74, 6) is 2.56. The summed E-state index contributed by atoms with van der Waals surface area (Å²) in [6.45, 7) is 5.04. The Morgan fingerprint density at radius 3 is 2.86 bits per heavy atom. The lowest BCUT2D eigenvalue weighted by Crippen LogP contribution is -2.37. The van der Waals surface area contributed by atoms with Gasteiger partial charge in [-0.05, 0) is 43.3 Å². The third kappa shape index (κ3) is 4.75. The van der Waals surface area contributed by atoms with E-state index in [0.29, 0.717) is 12.7 Å². The molecular formula is C17H26N2OS. The van der Waals surface area contributed by atoms with Crippen molar-refractivity contribution in [3.63, 3.8) is 0 Å². The summed E-state index contributed by atoms with van der Waals surface area (Å²) in [6.07, 6.45) is 2.92. The fraction of sp³-hybridized carbons (Fsp3) is 0.588. The summed E-state index contributed by atoms with van der Waals surface area (Å²) in [4.78, 5) is 14.5. The van der Waals surface area contributed by atoms with Crippen molar-refractivity contribution in [1.29, 1.82) is 0 Å². The number of nitrogens with zero attached hydrogens (tertiary/aromatic N) is 1. The Morgan fingerprint density at radius 1 is 1.38 bits per heavy atom. The Kier molecular flexibility index (Phi) is 6.58. The van der Waals surface area contributed by atoms with Gasteiger partial charge in [-0.2, -0.15) is 11.8 Å². The zero-order valence-electron chi connectivity index (χ0n) is 13.0. The molecule has 1 heterocycles. The molecule has 0 saturated carbocycles. The zero-order chi connectivity index (χ0) is 15.1. The Morgan fingerprint density at radius 2 is 2.14 bits per heavy atom. The maximum absolute atomic E-state index is 12.5. The number of thioether (sulfide) groups is 1. The highest BCUT2D eigenvalue weighted by atomic mass is 32.2. The zero-order valence-corrected chi connectivity index (χ0v) is 13.9. The van der Waals surface area contributed by atoms with Crippen molar-refractivity contribution < 1.29 is 4.79 Å². The molecule has 1 aliphatic rings. The molecule has 1 aromatic rings. The van der Waals surface area contributed by atoms with Crippen LogP contribution in [0, 0.1) is 0 Å². The van der Waals surface area contributed by atoms with Gasteiger partial charge >= 0.3 is 0 Å². The topological polar surface area (TPSA) is 32.3 Å². The molecule has 3 nitrogen and oxygen atoms in total. The minimum atomic E-state index is -0.00788. The molecule has 1 amide bonds. The van der Waals surface area contributed by atoms with E-state index in [9.17, 15) is 4.79 Å². The van der Waals surface area contributed by atoms with Crippen LogP contribution < -0.4 is 5.32 Å². The Balaban J connectivity index is 1.78. The van der Waals surface area contributed by atoms with E-state index in [-0.39, 0.29) is 11.9 Å². The molecule has 0 aromatic heterocycles. The van der Waals surface area contributed by atoms with E-state index in [1.54, 1.807) is 0 Å². The van der Waals surface area contributed by atoms with Crippen LogP contribution in [0.5, 0.6) is 0 Å². The van der Waals surface area contributed by atoms with Gasteiger partial charge in [0.15, 0.2) is 0 Å². The SMILES string of the molecule is CCSCCC(C)N1CNC(CCc2ccccc2)C1=O. The smallest absolute Gasteiger partial charge is 0.241 e. The first kappa shape index (κ1) is 16.4. The lowest BCUT2D eigenvalue weighted by Gasteiger charge is -2.23. The van der Waals surface area contributed by atoms with Crippen molar-refractivity contribution in [2.45, 2.75) is 45.2 Å². The molecule has 1 saturated heterocycles. The Bertz CT molecular complexity index is 438. The third-order valence-corrected chi connectivity index (χ3v) is 5.00. The van der Waals surface area contributed by atoms with Gasteiger partial charge in [0.1, 0.15) is 0 Å². The number of hydrogen-bond donors (Lipinski definition) is 1. The van der Waals surface area contributed by atoms with Gasteiger partial charge in [-0.15, -0.1) is 0 Å². The number of carbonyl (C=O) groups excluding carboxylic acids is 1. The number of rotatable bonds is 8. The van der Waals surface area contributed by atoms with Crippen LogP contribution in [0.1, 0.15) is 32.3 Å². The normalized spacial score (nSPS) is 20.0. The summed E-state index contributed by atoms with van der Waals surface area (Å²) < 4.78 is 0. The maximum atomic E-state index is 12.5. The summed E-state index contributed by atoms with van der Waals surface area (Å²) in [7, 11) is 0. The van der Waals surface area contributed by atoms with Crippen LogP contribution >= 0.6 is 11.8 Å². The second-order valence-corrected chi connectivity index (χ2v) is 6.98. The molecule has 0 bridgehead atoms. The summed E-state index contributed by atoms with van der Waals surface area (Å²) in [6, 6.07) is 10.7. The fourth-order valence-electron chi connectivity index (χ4n) is 2.68. The molecular weight excluding hydrogens is 280 g/mol. The van der Waals surface area contributed by atoms with Crippen molar-refractivity contribution in [1.82, 2.24) is 10.2 Å². The first-order valence-electron chi connectivity index (χ1n) is 7.88. The summed E-state index contributed by atoms with van der Waals surface area (Å²) in [5.41, 5.74) is 1.30. The Hall–Kier alpha value is -1.00. The number of aryl methyl sites for hydroxylation is 1. The number of hydrogen-bond acceptors (Lipinski definition) is 3. The van der Waals surface area contributed by atoms with Crippen LogP contribution in [0.4, 0.5) is 0 Å². The van der Waals surface area contributed by atoms with Crippen LogP contribution in [0.15, 0.2) is 30.3 Å². The van der Waals surface area contributed by atoms with Crippen LogP contribution in [0.2, 0.25) is 0 Å². The Labute approximate surface area is 132 Å². The van der Waals surface area contributed by atoms with Crippen LogP contribution in [-0.2, 0) is 11.2 Å². The third-order valence-electron chi connectivity index (χ3n) is 4.07. The molecule has 2 atom stereocenters. The highest BCUT2D eigenvalue weighted by molar-refractivity contribution is 7.99. The second kappa shape index (κ2) is 8.44. The highest BCUT2D eigenvalue weighted by Crippen LogP contribution is 2.16. The van der Waals surface area contributed by atoms with E-state index in [2.05, 4.69) is 43.4 Å². The molecule has 1 aliphatic heterocycles. The van der Waals surface area contributed by atoms with Gasteiger partial charge in [-0.3, -0.25) is 10.1 Å². The average Bonchev–Trinajstić information content (AvgIpc) is 2.87. The van der Waals surface area contributed by atoms with Crippen molar-refractivity contribution in [3.8, 4) is 0 Å². The van der Waals surface area contributed by atoms with E-state index < -0.39 is 0 Å². The van der Waals surface area contributed by atoms with E-state index in [1.807, 2.05) is 22.7 Å². The first-order chi connectivity index (χ1) is 10.2. The quantitative estimate of drug-likeness (QED) is 0.750. The van der Waals surface area contributed by atoms with Crippen LogP contribution in [0.25, 0.3) is 0 Å². The maximum Gasteiger partial charge on any atom is 0.241 e. The van der Waals surface area contributed by atoms with Crippen LogP contribution in [-0.4, -0.2) is 41.1 Å². The molecule has 4 heteroatoms. The molecule has 0 spiro atoms. The molecule has 1 N–H and O–H groups in total. The molecule has 2 unspecified atom stereocenters. The van der Waals surface area contributed by atoms with Gasteiger partial charge in [0, 0.05) is 6.04 Å². The molecule has 21 heavy (non-hydrogen) atoms. The van der Waals surface area contributed by atoms with Gasteiger partial charge in [-0.1, -0.05) is 37.3 Å². The van der Waals surface area contributed by atoms with E-state index >= 15 is 0 Å².